The van der Waals surface area contributed by atoms with Gasteiger partial charge in [0.2, 0.25) is 5.88 Å². The Morgan fingerprint density at radius 2 is 2.16 bits per heavy atom. The van der Waals surface area contributed by atoms with Gasteiger partial charge in [-0.1, -0.05) is 0 Å². The van der Waals surface area contributed by atoms with E-state index >= 15 is 0 Å². The van der Waals surface area contributed by atoms with Gasteiger partial charge in [-0.3, -0.25) is 10.1 Å². The molecule has 0 saturated heterocycles. The highest BCUT2D eigenvalue weighted by Gasteiger charge is 2.26. The van der Waals surface area contributed by atoms with Crippen LogP contribution in [0.2, 0.25) is 0 Å². The molecule has 19 heavy (non-hydrogen) atoms. The zero-order chi connectivity index (χ0) is 14.5. The summed E-state index contributed by atoms with van der Waals surface area (Å²) in [6.07, 6.45) is -5.52. The van der Waals surface area contributed by atoms with Crippen molar-refractivity contribution >= 4 is 11.5 Å². The topological polar surface area (TPSA) is 103 Å². The van der Waals surface area contributed by atoms with Gasteiger partial charge >= 0.3 is 6.18 Å². The molecule has 1 aromatic heterocycles. The first-order chi connectivity index (χ1) is 8.81. The molecule has 0 aromatic carbocycles. The lowest BCUT2D eigenvalue weighted by Gasteiger charge is -2.08. The number of nitrogens with two attached hydrogens (primary N) is 1. The molecule has 106 valence electrons. The third kappa shape index (κ3) is 5.38. The SMILES string of the molecule is NNc1cc([N+](=O)[O-])cc(OCCCC(F)(F)F)n1. The number of aromatic nitrogens is 1. The highest BCUT2D eigenvalue weighted by atomic mass is 19.4. The van der Waals surface area contributed by atoms with Crippen molar-refractivity contribution < 1.29 is 22.8 Å². The van der Waals surface area contributed by atoms with Gasteiger partial charge in [-0.15, -0.1) is 0 Å². The van der Waals surface area contributed by atoms with Gasteiger partial charge in [-0.05, 0) is 6.42 Å². The van der Waals surface area contributed by atoms with Crippen LogP contribution in [-0.4, -0.2) is 22.7 Å². The van der Waals surface area contributed by atoms with E-state index in [1.807, 2.05) is 0 Å². The zero-order valence-corrected chi connectivity index (χ0v) is 9.61. The third-order valence-corrected chi connectivity index (χ3v) is 2.00. The number of nitrogens with zero attached hydrogens (tertiary/aromatic N) is 2. The number of halogens is 3. The fourth-order valence-corrected chi connectivity index (χ4v) is 1.19. The number of hydrazine groups is 1. The van der Waals surface area contributed by atoms with Crippen LogP contribution in [0.5, 0.6) is 5.88 Å². The second-order valence-electron chi connectivity index (χ2n) is 3.52. The van der Waals surface area contributed by atoms with Crippen molar-refractivity contribution in [1.29, 1.82) is 0 Å². The van der Waals surface area contributed by atoms with Gasteiger partial charge in [0, 0.05) is 6.42 Å². The van der Waals surface area contributed by atoms with Crippen molar-refractivity contribution in [3.63, 3.8) is 0 Å². The number of alkyl halides is 3. The lowest BCUT2D eigenvalue weighted by molar-refractivity contribution is -0.384. The van der Waals surface area contributed by atoms with E-state index in [9.17, 15) is 23.3 Å². The van der Waals surface area contributed by atoms with E-state index in [1.54, 1.807) is 0 Å². The Labute approximate surface area is 105 Å². The summed E-state index contributed by atoms with van der Waals surface area (Å²) in [7, 11) is 0. The van der Waals surface area contributed by atoms with Crippen LogP contribution in [0.15, 0.2) is 12.1 Å². The first-order valence-electron chi connectivity index (χ1n) is 5.14. The maximum Gasteiger partial charge on any atom is 0.389 e. The zero-order valence-electron chi connectivity index (χ0n) is 9.61. The molecule has 1 aromatic rings. The second kappa shape index (κ2) is 6.18. The molecular weight excluding hydrogens is 269 g/mol. The molecule has 0 radical (unpaired) electrons. The molecule has 10 heteroatoms. The van der Waals surface area contributed by atoms with Crippen LogP contribution in [0.4, 0.5) is 24.7 Å². The average molecular weight is 280 g/mol. The second-order valence-corrected chi connectivity index (χ2v) is 3.52. The van der Waals surface area contributed by atoms with E-state index in [0.717, 1.165) is 12.1 Å². The summed E-state index contributed by atoms with van der Waals surface area (Å²) in [6, 6.07) is 2.08. The van der Waals surface area contributed by atoms with E-state index < -0.39 is 17.5 Å². The van der Waals surface area contributed by atoms with Crippen molar-refractivity contribution in [2.75, 3.05) is 12.0 Å². The Morgan fingerprint density at radius 3 is 2.68 bits per heavy atom. The predicted octanol–water partition coefficient (Wildman–Crippen LogP) is 2.00. The summed E-state index contributed by atoms with van der Waals surface area (Å²) in [6.45, 7) is -0.252. The number of nitro groups is 1. The van der Waals surface area contributed by atoms with Gasteiger partial charge < -0.3 is 10.2 Å². The van der Waals surface area contributed by atoms with Gasteiger partial charge in [-0.2, -0.15) is 18.2 Å². The standard InChI is InChI=1S/C9H11F3N4O3/c10-9(11,12)2-1-3-19-8-5-6(16(17)18)4-7(14-8)15-13/h4-5H,1-3,13H2,(H,14,15). The number of nitrogens with one attached hydrogen (secondary N) is 1. The van der Waals surface area contributed by atoms with Gasteiger partial charge in [0.1, 0.15) is 0 Å². The normalized spacial score (nSPS) is 11.2. The smallest absolute Gasteiger partial charge is 0.389 e. The molecule has 0 spiro atoms. The van der Waals surface area contributed by atoms with Crippen LogP contribution < -0.4 is 16.0 Å². The number of hydrogen-bond acceptors (Lipinski definition) is 6. The van der Waals surface area contributed by atoms with Gasteiger partial charge in [-0.25, -0.2) is 5.84 Å². The Morgan fingerprint density at radius 1 is 1.47 bits per heavy atom. The first-order valence-corrected chi connectivity index (χ1v) is 5.14. The number of hydrogen-bond donors (Lipinski definition) is 2. The maximum absolute atomic E-state index is 11.9. The van der Waals surface area contributed by atoms with Crippen molar-refractivity contribution in [3.05, 3.63) is 22.2 Å². The number of pyridine rings is 1. The highest BCUT2D eigenvalue weighted by molar-refractivity contribution is 5.47. The summed E-state index contributed by atoms with van der Waals surface area (Å²) in [5, 5.41) is 10.6. The van der Waals surface area contributed by atoms with Crippen LogP contribution in [0, 0.1) is 10.1 Å². The fraction of sp³-hybridized carbons (Fsp3) is 0.444. The molecule has 0 bridgehead atoms. The highest BCUT2D eigenvalue weighted by Crippen LogP contribution is 2.23. The van der Waals surface area contributed by atoms with Crippen molar-refractivity contribution in [2.45, 2.75) is 19.0 Å². The lowest BCUT2D eigenvalue weighted by atomic mass is 10.3. The summed E-state index contributed by atoms with van der Waals surface area (Å²) in [5.74, 6) is 4.88. The molecule has 0 aliphatic heterocycles. The minimum Gasteiger partial charge on any atom is -0.477 e. The number of anilines is 1. The molecule has 0 atom stereocenters. The maximum atomic E-state index is 11.9. The van der Waals surface area contributed by atoms with Crippen LogP contribution in [0.25, 0.3) is 0 Å². The van der Waals surface area contributed by atoms with Crippen LogP contribution >= 0.6 is 0 Å². The van der Waals surface area contributed by atoms with Crippen molar-refractivity contribution in [2.24, 2.45) is 5.84 Å². The molecule has 3 N–H and O–H groups in total. The van der Waals surface area contributed by atoms with Crippen molar-refractivity contribution in [3.8, 4) is 5.88 Å². The average Bonchev–Trinajstić information content (AvgIpc) is 2.33. The Balaban J connectivity index is 2.62. The van der Waals surface area contributed by atoms with E-state index in [4.69, 9.17) is 10.6 Å². The van der Waals surface area contributed by atoms with Gasteiger partial charge in [0.15, 0.2) is 5.82 Å². The van der Waals surface area contributed by atoms with Crippen LogP contribution in [0.3, 0.4) is 0 Å². The largest absolute Gasteiger partial charge is 0.477 e. The van der Waals surface area contributed by atoms with Crippen LogP contribution in [0.1, 0.15) is 12.8 Å². The van der Waals surface area contributed by atoms with E-state index in [1.165, 1.54) is 0 Å². The molecule has 0 aliphatic rings. The summed E-state index contributed by atoms with van der Waals surface area (Å²) >= 11 is 0. The summed E-state index contributed by atoms with van der Waals surface area (Å²) < 4.78 is 40.6. The molecular formula is C9H11F3N4O3. The van der Waals surface area contributed by atoms with E-state index in [-0.39, 0.29) is 30.4 Å². The molecule has 0 saturated carbocycles. The number of nitrogen functional groups attached to an aromatic ring is 1. The number of rotatable bonds is 6. The molecule has 0 unspecified atom stereocenters. The minimum atomic E-state index is -4.26. The van der Waals surface area contributed by atoms with E-state index in [2.05, 4.69) is 10.4 Å². The summed E-state index contributed by atoms with van der Waals surface area (Å²) in [5.41, 5.74) is 1.78. The Bertz CT molecular complexity index is 453. The van der Waals surface area contributed by atoms with E-state index in [0.29, 0.717) is 0 Å². The minimum absolute atomic E-state index is 0.0139. The number of ether oxygens (including phenoxy) is 1. The van der Waals surface area contributed by atoms with Crippen LogP contribution in [-0.2, 0) is 0 Å². The predicted molar refractivity (Wildman–Crippen MR) is 59.5 cm³/mol. The molecule has 7 nitrogen and oxygen atoms in total. The molecule has 0 fully saturated rings. The monoisotopic (exact) mass is 280 g/mol. The quantitative estimate of drug-likeness (QED) is 0.357. The Kier molecular flexibility index (Phi) is 4.87. The Hall–Kier alpha value is -2.10. The molecule has 1 heterocycles. The molecule has 0 amide bonds. The van der Waals surface area contributed by atoms with Crippen molar-refractivity contribution in [1.82, 2.24) is 4.98 Å². The molecule has 1 rings (SSSR count). The molecule has 0 aliphatic carbocycles. The third-order valence-electron chi connectivity index (χ3n) is 2.00. The first kappa shape index (κ1) is 15.0. The van der Waals surface area contributed by atoms with Gasteiger partial charge in [0.05, 0.1) is 23.7 Å². The van der Waals surface area contributed by atoms with Gasteiger partial charge in [0.25, 0.3) is 5.69 Å². The lowest BCUT2D eigenvalue weighted by Crippen LogP contribution is -2.12. The fourth-order valence-electron chi connectivity index (χ4n) is 1.19. The summed E-state index contributed by atoms with van der Waals surface area (Å²) in [4.78, 5) is 13.6.